The molecular weight excluding hydrogens is 196 g/mol. The molecule has 0 atom stereocenters. The van der Waals surface area contributed by atoms with Gasteiger partial charge in [0, 0.05) is 26.3 Å². The van der Waals surface area contributed by atoms with Crippen molar-refractivity contribution in [3.63, 3.8) is 0 Å². The van der Waals surface area contributed by atoms with Crippen LogP contribution in [0.4, 0.5) is 6.01 Å². The quantitative estimate of drug-likeness (QED) is 0.768. The highest BCUT2D eigenvalue weighted by molar-refractivity contribution is 5.24. The van der Waals surface area contributed by atoms with Crippen LogP contribution in [0.2, 0.25) is 0 Å². The van der Waals surface area contributed by atoms with E-state index in [0.29, 0.717) is 17.9 Å². The Morgan fingerprint density at radius 1 is 1.40 bits per heavy atom. The minimum atomic E-state index is 0.286. The van der Waals surface area contributed by atoms with Gasteiger partial charge in [0.25, 0.3) is 0 Å². The monoisotopic (exact) mass is 212 g/mol. The van der Waals surface area contributed by atoms with E-state index in [-0.39, 0.29) is 6.54 Å². The van der Waals surface area contributed by atoms with Gasteiger partial charge in [0.1, 0.15) is 0 Å². The fraction of sp³-hybridized carbons (Fsp3) is 0.778. The van der Waals surface area contributed by atoms with E-state index in [9.17, 15) is 0 Å². The second-order valence-corrected chi connectivity index (χ2v) is 3.64. The summed E-state index contributed by atoms with van der Waals surface area (Å²) >= 11 is 0. The summed E-state index contributed by atoms with van der Waals surface area (Å²) in [6, 6.07) is 0.965. The van der Waals surface area contributed by atoms with Gasteiger partial charge < -0.3 is 19.8 Å². The van der Waals surface area contributed by atoms with E-state index in [1.165, 1.54) is 0 Å². The molecule has 0 bridgehead atoms. The van der Waals surface area contributed by atoms with Gasteiger partial charge in [0.15, 0.2) is 0 Å². The van der Waals surface area contributed by atoms with Gasteiger partial charge in [-0.1, -0.05) is 5.10 Å². The molecule has 0 saturated carbocycles. The largest absolute Gasteiger partial charge is 0.407 e. The molecule has 6 heteroatoms. The van der Waals surface area contributed by atoms with Gasteiger partial charge in [-0.05, 0) is 12.8 Å². The Balaban J connectivity index is 2.02. The molecule has 0 unspecified atom stereocenters. The lowest BCUT2D eigenvalue weighted by Gasteiger charge is -2.29. The van der Waals surface area contributed by atoms with Crippen molar-refractivity contribution in [1.82, 2.24) is 10.2 Å². The van der Waals surface area contributed by atoms with Gasteiger partial charge in [-0.2, -0.15) is 0 Å². The molecule has 1 aliphatic heterocycles. The van der Waals surface area contributed by atoms with Gasteiger partial charge >= 0.3 is 6.01 Å². The van der Waals surface area contributed by atoms with E-state index >= 15 is 0 Å². The van der Waals surface area contributed by atoms with E-state index in [2.05, 4.69) is 10.2 Å². The zero-order valence-corrected chi connectivity index (χ0v) is 8.85. The second kappa shape index (κ2) is 4.59. The van der Waals surface area contributed by atoms with Crippen LogP contribution in [0.1, 0.15) is 18.7 Å². The molecular formula is C9H16N4O2. The summed E-state index contributed by atoms with van der Waals surface area (Å²) in [6.45, 7) is 1.88. The lowest BCUT2D eigenvalue weighted by Crippen LogP contribution is -2.36. The van der Waals surface area contributed by atoms with Crippen molar-refractivity contribution in [1.29, 1.82) is 0 Å². The molecule has 2 N–H and O–H groups in total. The van der Waals surface area contributed by atoms with Gasteiger partial charge in [-0.25, -0.2) is 0 Å². The van der Waals surface area contributed by atoms with E-state index in [1.807, 2.05) is 11.9 Å². The highest BCUT2D eigenvalue weighted by Crippen LogP contribution is 2.19. The Kier molecular flexibility index (Phi) is 3.17. The molecule has 1 fully saturated rings. The SMILES string of the molecule is CN(c1nnc(CN)o1)C1CCOCC1. The summed E-state index contributed by atoms with van der Waals surface area (Å²) in [5, 5.41) is 7.79. The lowest BCUT2D eigenvalue weighted by molar-refractivity contribution is 0.0845. The zero-order valence-electron chi connectivity index (χ0n) is 8.85. The molecule has 2 heterocycles. The number of nitrogens with two attached hydrogens (primary N) is 1. The molecule has 0 aromatic carbocycles. The third-order valence-electron chi connectivity index (χ3n) is 2.67. The lowest BCUT2D eigenvalue weighted by atomic mass is 10.1. The summed E-state index contributed by atoms with van der Waals surface area (Å²) in [7, 11) is 1.96. The molecule has 0 aliphatic carbocycles. The van der Waals surface area contributed by atoms with Crippen LogP contribution in [0.25, 0.3) is 0 Å². The average Bonchev–Trinajstić information content (AvgIpc) is 2.78. The number of anilines is 1. The maximum Gasteiger partial charge on any atom is 0.318 e. The smallest absolute Gasteiger partial charge is 0.318 e. The van der Waals surface area contributed by atoms with Crippen molar-refractivity contribution in [2.24, 2.45) is 5.73 Å². The fourth-order valence-electron chi connectivity index (χ4n) is 1.70. The van der Waals surface area contributed by atoms with E-state index in [4.69, 9.17) is 14.9 Å². The highest BCUT2D eigenvalue weighted by Gasteiger charge is 2.22. The minimum absolute atomic E-state index is 0.286. The maximum atomic E-state index is 5.41. The predicted octanol–water partition coefficient (Wildman–Crippen LogP) is 0.143. The van der Waals surface area contributed by atoms with Crippen molar-refractivity contribution in [2.75, 3.05) is 25.2 Å². The summed E-state index contributed by atoms with van der Waals surface area (Å²) < 4.78 is 10.7. The first-order valence-corrected chi connectivity index (χ1v) is 5.14. The molecule has 1 aromatic rings. The first-order chi connectivity index (χ1) is 7.31. The summed E-state index contributed by atoms with van der Waals surface area (Å²) in [6.07, 6.45) is 1.99. The van der Waals surface area contributed by atoms with Crippen LogP contribution >= 0.6 is 0 Å². The highest BCUT2D eigenvalue weighted by atomic mass is 16.5. The van der Waals surface area contributed by atoms with Gasteiger partial charge in [-0.15, -0.1) is 5.10 Å². The van der Waals surface area contributed by atoms with Crippen LogP contribution in [0, 0.1) is 0 Å². The van der Waals surface area contributed by atoms with Crippen molar-refractivity contribution >= 4 is 6.01 Å². The number of hydrogen-bond donors (Lipinski definition) is 1. The minimum Gasteiger partial charge on any atom is -0.407 e. The molecule has 1 saturated heterocycles. The Bertz CT molecular complexity index is 309. The Labute approximate surface area is 88.4 Å². The molecule has 0 amide bonds. The number of nitrogens with zero attached hydrogens (tertiary/aromatic N) is 3. The van der Waals surface area contributed by atoms with Crippen molar-refractivity contribution in [3.8, 4) is 0 Å². The van der Waals surface area contributed by atoms with E-state index in [1.54, 1.807) is 0 Å². The van der Waals surface area contributed by atoms with Crippen molar-refractivity contribution < 1.29 is 9.15 Å². The molecule has 0 radical (unpaired) electrons. The molecule has 2 rings (SSSR count). The summed E-state index contributed by atoms with van der Waals surface area (Å²) in [5.41, 5.74) is 5.41. The number of aromatic nitrogens is 2. The first-order valence-electron chi connectivity index (χ1n) is 5.14. The molecule has 1 aliphatic rings. The van der Waals surface area contributed by atoms with Crippen LogP contribution in [0.15, 0.2) is 4.42 Å². The van der Waals surface area contributed by atoms with Gasteiger partial charge in [0.2, 0.25) is 5.89 Å². The van der Waals surface area contributed by atoms with Crippen LogP contribution in [-0.2, 0) is 11.3 Å². The number of hydrogen-bond acceptors (Lipinski definition) is 6. The molecule has 1 aromatic heterocycles. The fourth-order valence-corrected chi connectivity index (χ4v) is 1.70. The van der Waals surface area contributed by atoms with Crippen LogP contribution < -0.4 is 10.6 Å². The Hall–Kier alpha value is -1.14. The third-order valence-corrected chi connectivity index (χ3v) is 2.67. The van der Waals surface area contributed by atoms with E-state index < -0.39 is 0 Å². The predicted molar refractivity (Wildman–Crippen MR) is 54.4 cm³/mol. The molecule has 84 valence electrons. The van der Waals surface area contributed by atoms with Gasteiger partial charge in [0.05, 0.1) is 6.54 Å². The zero-order chi connectivity index (χ0) is 10.7. The Morgan fingerprint density at radius 2 is 2.13 bits per heavy atom. The van der Waals surface area contributed by atoms with Gasteiger partial charge in [-0.3, -0.25) is 0 Å². The summed E-state index contributed by atoms with van der Waals surface area (Å²) in [4.78, 5) is 2.01. The topological polar surface area (TPSA) is 77.4 Å². The van der Waals surface area contributed by atoms with Crippen molar-refractivity contribution in [3.05, 3.63) is 5.89 Å². The Morgan fingerprint density at radius 3 is 2.73 bits per heavy atom. The molecule has 15 heavy (non-hydrogen) atoms. The normalized spacial score (nSPS) is 18.0. The van der Waals surface area contributed by atoms with Crippen molar-refractivity contribution in [2.45, 2.75) is 25.4 Å². The van der Waals surface area contributed by atoms with Crippen LogP contribution in [-0.4, -0.2) is 36.5 Å². The maximum absolute atomic E-state index is 5.41. The van der Waals surface area contributed by atoms with E-state index in [0.717, 1.165) is 26.1 Å². The number of rotatable bonds is 3. The van der Waals surface area contributed by atoms with Crippen LogP contribution in [0.5, 0.6) is 0 Å². The average molecular weight is 212 g/mol. The summed E-state index contributed by atoms with van der Waals surface area (Å²) in [5.74, 6) is 0.476. The van der Waals surface area contributed by atoms with Crippen LogP contribution in [0.3, 0.4) is 0 Å². The molecule has 0 spiro atoms. The number of ether oxygens (including phenoxy) is 1. The first kappa shape index (κ1) is 10.4. The second-order valence-electron chi connectivity index (χ2n) is 3.64. The standard InChI is InChI=1S/C9H16N4O2/c1-13(7-2-4-14-5-3-7)9-12-11-8(6-10)15-9/h7H,2-6,10H2,1H3. The third kappa shape index (κ3) is 2.27. The molecule has 6 nitrogen and oxygen atoms in total.